The highest BCUT2D eigenvalue weighted by Gasteiger charge is 2.25. The number of piperidine rings is 1. The Balaban J connectivity index is 1.58. The third-order valence-electron chi connectivity index (χ3n) is 3.93. The zero-order valence-corrected chi connectivity index (χ0v) is 10.2. The van der Waals surface area contributed by atoms with E-state index in [0.717, 1.165) is 43.7 Å². The SMILES string of the molecule is NCC1CCN(c2n[nH]c(CC3CC3)n2)CC1. The molecule has 17 heavy (non-hydrogen) atoms. The van der Waals surface area contributed by atoms with Crippen molar-refractivity contribution in [3.05, 3.63) is 5.82 Å². The fourth-order valence-corrected chi connectivity index (χ4v) is 2.48. The molecule has 1 aromatic rings. The molecule has 1 saturated heterocycles. The van der Waals surface area contributed by atoms with E-state index in [4.69, 9.17) is 5.73 Å². The normalized spacial score (nSPS) is 22.1. The Hall–Kier alpha value is -1.10. The minimum atomic E-state index is 0.691. The van der Waals surface area contributed by atoms with Gasteiger partial charge in [-0.25, -0.2) is 0 Å². The van der Waals surface area contributed by atoms with Gasteiger partial charge < -0.3 is 10.6 Å². The van der Waals surface area contributed by atoms with Crippen LogP contribution in [0.25, 0.3) is 0 Å². The molecule has 0 unspecified atom stereocenters. The van der Waals surface area contributed by atoms with Crippen LogP contribution in [0.5, 0.6) is 0 Å². The second-order valence-electron chi connectivity index (χ2n) is 5.40. The molecule has 94 valence electrons. The van der Waals surface area contributed by atoms with E-state index in [1.165, 1.54) is 25.7 Å². The van der Waals surface area contributed by atoms with E-state index >= 15 is 0 Å². The Labute approximate surface area is 102 Å². The minimum Gasteiger partial charge on any atom is -0.340 e. The lowest BCUT2D eigenvalue weighted by molar-refractivity contribution is 0.411. The molecule has 2 heterocycles. The van der Waals surface area contributed by atoms with Gasteiger partial charge in [-0.2, -0.15) is 4.98 Å². The van der Waals surface area contributed by atoms with Gasteiger partial charge in [-0.3, -0.25) is 5.10 Å². The largest absolute Gasteiger partial charge is 0.340 e. The molecule has 5 heteroatoms. The van der Waals surface area contributed by atoms with Crippen molar-refractivity contribution in [3.8, 4) is 0 Å². The van der Waals surface area contributed by atoms with Crippen LogP contribution in [-0.4, -0.2) is 34.8 Å². The van der Waals surface area contributed by atoms with Gasteiger partial charge in [0.15, 0.2) is 0 Å². The van der Waals surface area contributed by atoms with Gasteiger partial charge >= 0.3 is 0 Å². The van der Waals surface area contributed by atoms with Gasteiger partial charge in [0.2, 0.25) is 5.95 Å². The summed E-state index contributed by atoms with van der Waals surface area (Å²) in [7, 11) is 0. The van der Waals surface area contributed by atoms with Crippen LogP contribution >= 0.6 is 0 Å². The smallest absolute Gasteiger partial charge is 0.244 e. The highest BCUT2D eigenvalue weighted by atomic mass is 15.4. The maximum absolute atomic E-state index is 5.70. The molecule has 1 aliphatic carbocycles. The zero-order valence-electron chi connectivity index (χ0n) is 10.2. The summed E-state index contributed by atoms with van der Waals surface area (Å²) < 4.78 is 0. The van der Waals surface area contributed by atoms with Crippen LogP contribution in [0, 0.1) is 11.8 Å². The number of anilines is 1. The third-order valence-corrected chi connectivity index (χ3v) is 3.93. The number of nitrogens with zero attached hydrogens (tertiary/aromatic N) is 3. The van der Waals surface area contributed by atoms with Crippen molar-refractivity contribution in [3.63, 3.8) is 0 Å². The number of aromatic amines is 1. The Kier molecular flexibility index (Phi) is 3.01. The van der Waals surface area contributed by atoms with Crippen LogP contribution in [0.3, 0.4) is 0 Å². The average molecular weight is 235 g/mol. The van der Waals surface area contributed by atoms with E-state index in [2.05, 4.69) is 20.1 Å². The fourth-order valence-electron chi connectivity index (χ4n) is 2.48. The summed E-state index contributed by atoms with van der Waals surface area (Å²) in [6.45, 7) is 2.90. The lowest BCUT2D eigenvalue weighted by atomic mass is 9.97. The molecule has 3 rings (SSSR count). The van der Waals surface area contributed by atoms with Crippen molar-refractivity contribution in [2.24, 2.45) is 17.6 Å². The molecule has 0 radical (unpaired) electrons. The molecule has 3 N–H and O–H groups in total. The lowest BCUT2D eigenvalue weighted by Crippen LogP contribution is -2.36. The first-order valence-corrected chi connectivity index (χ1v) is 6.71. The Morgan fingerprint density at radius 3 is 2.59 bits per heavy atom. The molecule has 2 aliphatic rings. The number of nitrogens with two attached hydrogens (primary N) is 1. The zero-order chi connectivity index (χ0) is 11.7. The molecule has 1 saturated carbocycles. The molecule has 2 fully saturated rings. The topological polar surface area (TPSA) is 70.8 Å². The molecule has 5 nitrogen and oxygen atoms in total. The van der Waals surface area contributed by atoms with Crippen LogP contribution in [0.1, 0.15) is 31.5 Å². The predicted molar refractivity (Wildman–Crippen MR) is 66.8 cm³/mol. The van der Waals surface area contributed by atoms with E-state index in [9.17, 15) is 0 Å². The van der Waals surface area contributed by atoms with Gasteiger partial charge in [0.25, 0.3) is 0 Å². The van der Waals surface area contributed by atoms with Gasteiger partial charge in [-0.1, -0.05) is 0 Å². The molecule has 1 aromatic heterocycles. The number of hydrogen-bond acceptors (Lipinski definition) is 4. The molecule has 0 spiro atoms. The van der Waals surface area contributed by atoms with Gasteiger partial charge in [0, 0.05) is 19.5 Å². The van der Waals surface area contributed by atoms with Crippen LogP contribution in [0.2, 0.25) is 0 Å². The maximum atomic E-state index is 5.70. The number of nitrogens with one attached hydrogen (secondary N) is 1. The van der Waals surface area contributed by atoms with Crippen LogP contribution in [-0.2, 0) is 6.42 Å². The Morgan fingerprint density at radius 2 is 1.94 bits per heavy atom. The summed E-state index contributed by atoms with van der Waals surface area (Å²) in [5.74, 6) is 3.49. The van der Waals surface area contributed by atoms with Gasteiger partial charge in [0.1, 0.15) is 5.82 Å². The molecular formula is C12H21N5. The van der Waals surface area contributed by atoms with Crippen LogP contribution in [0.4, 0.5) is 5.95 Å². The number of aromatic nitrogens is 3. The van der Waals surface area contributed by atoms with Crippen molar-refractivity contribution >= 4 is 5.95 Å². The van der Waals surface area contributed by atoms with Crippen molar-refractivity contribution in [2.75, 3.05) is 24.5 Å². The standard InChI is InChI=1S/C12H21N5/c13-8-10-3-5-17(6-4-10)12-14-11(15-16-12)7-9-1-2-9/h9-10H,1-8,13H2,(H,14,15,16). The van der Waals surface area contributed by atoms with Crippen molar-refractivity contribution in [1.82, 2.24) is 15.2 Å². The van der Waals surface area contributed by atoms with E-state index in [0.29, 0.717) is 5.92 Å². The molecule has 0 aromatic carbocycles. The van der Waals surface area contributed by atoms with E-state index in [1.807, 2.05) is 0 Å². The third kappa shape index (κ3) is 2.60. The van der Waals surface area contributed by atoms with Gasteiger partial charge in [0.05, 0.1) is 0 Å². The number of rotatable bonds is 4. The first kappa shape index (κ1) is 11.0. The van der Waals surface area contributed by atoms with Gasteiger partial charge in [-0.05, 0) is 44.1 Å². The second-order valence-corrected chi connectivity index (χ2v) is 5.40. The second kappa shape index (κ2) is 4.64. The highest BCUT2D eigenvalue weighted by Crippen LogP contribution is 2.32. The summed E-state index contributed by atoms with van der Waals surface area (Å²) in [6, 6.07) is 0. The van der Waals surface area contributed by atoms with E-state index < -0.39 is 0 Å². The van der Waals surface area contributed by atoms with Crippen molar-refractivity contribution in [2.45, 2.75) is 32.1 Å². The van der Waals surface area contributed by atoms with Crippen molar-refractivity contribution in [1.29, 1.82) is 0 Å². The average Bonchev–Trinajstić information content (AvgIpc) is 3.06. The molecule has 0 bridgehead atoms. The molecule has 0 atom stereocenters. The molecular weight excluding hydrogens is 214 g/mol. The highest BCUT2D eigenvalue weighted by molar-refractivity contribution is 5.29. The fraction of sp³-hybridized carbons (Fsp3) is 0.833. The number of hydrogen-bond donors (Lipinski definition) is 2. The number of H-pyrrole nitrogens is 1. The first-order chi connectivity index (χ1) is 8.35. The Bertz CT molecular complexity index is 363. The molecule has 1 aliphatic heterocycles. The minimum absolute atomic E-state index is 0.691. The van der Waals surface area contributed by atoms with E-state index in [1.54, 1.807) is 0 Å². The van der Waals surface area contributed by atoms with Gasteiger partial charge in [-0.15, -0.1) is 5.10 Å². The van der Waals surface area contributed by atoms with Crippen LogP contribution < -0.4 is 10.6 Å². The summed E-state index contributed by atoms with van der Waals surface area (Å²) in [5, 5.41) is 7.40. The quantitative estimate of drug-likeness (QED) is 0.814. The van der Waals surface area contributed by atoms with Crippen molar-refractivity contribution < 1.29 is 0 Å². The predicted octanol–water partition coefficient (Wildman–Crippen LogP) is 0.932. The summed E-state index contributed by atoms with van der Waals surface area (Å²) in [6.07, 6.45) is 6.13. The summed E-state index contributed by atoms with van der Waals surface area (Å²) in [4.78, 5) is 6.87. The maximum Gasteiger partial charge on any atom is 0.244 e. The lowest BCUT2D eigenvalue weighted by Gasteiger charge is -2.30. The van der Waals surface area contributed by atoms with Crippen LogP contribution in [0.15, 0.2) is 0 Å². The Morgan fingerprint density at radius 1 is 1.18 bits per heavy atom. The molecule has 0 amide bonds. The summed E-state index contributed by atoms with van der Waals surface area (Å²) >= 11 is 0. The summed E-state index contributed by atoms with van der Waals surface area (Å²) in [5.41, 5.74) is 5.70. The monoisotopic (exact) mass is 235 g/mol. The first-order valence-electron chi connectivity index (χ1n) is 6.71. The van der Waals surface area contributed by atoms with E-state index in [-0.39, 0.29) is 0 Å².